The smallest absolute Gasteiger partial charge is 0.263 e. The predicted octanol–water partition coefficient (Wildman–Crippen LogP) is 4.58. The standard InChI is InChI=1S/C23H33ClN2O3/c1-17(29-21-10-8-19(24)9-11-21)23(28)26-15-13-20(14-16-26)25-22(27)12-7-18-5-3-2-4-6-18/h8-11,17-18,20H,2-7,12-16H2,1H3,(H,25,27). The summed E-state index contributed by atoms with van der Waals surface area (Å²) in [5.41, 5.74) is 0. The van der Waals surface area contributed by atoms with Crippen molar-refractivity contribution in [3.05, 3.63) is 29.3 Å². The number of halogens is 1. The number of amides is 2. The molecule has 1 aliphatic heterocycles. The Kier molecular flexibility index (Phi) is 8.22. The molecule has 0 bridgehead atoms. The van der Waals surface area contributed by atoms with Gasteiger partial charge in [0.2, 0.25) is 5.91 Å². The average molecular weight is 421 g/mol. The summed E-state index contributed by atoms with van der Waals surface area (Å²) < 4.78 is 5.75. The summed E-state index contributed by atoms with van der Waals surface area (Å²) in [6.07, 6.45) is 9.26. The number of nitrogens with one attached hydrogen (secondary N) is 1. The SMILES string of the molecule is CC(Oc1ccc(Cl)cc1)C(=O)N1CCC(NC(=O)CCC2CCCCC2)CC1. The quantitative estimate of drug-likeness (QED) is 0.702. The van der Waals surface area contributed by atoms with Gasteiger partial charge in [0.15, 0.2) is 6.10 Å². The predicted molar refractivity (Wildman–Crippen MR) is 115 cm³/mol. The first kappa shape index (κ1) is 21.9. The van der Waals surface area contributed by atoms with Crippen molar-refractivity contribution in [3.8, 4) is 5.75 Å². The van der Waals surface area contributed by atoms with E-state index in [2.05, 4.69) is 5.32 Å². The van der Waals surface area contributed by atoms with Crippen molar-refractivity contribution in [2.24, 2.45) is 5.92 Å². The van der Waals surface area contributed by atoms with Crippen molar-refractivity contribution in [1.29, 1.82) is 0 Å². The maximum absolute atomic E-state index is 12.7. The number of ether oxygens (including phenoxy) is 1. The zero-order chi connectivity index (χ0) is 20.6. The van der Waals surface area contributed by atoms with Crippen molar-refractivity contribution in [1.82, 2.24) is 10.2 Å². The average Bonchev–Trinajstić information content (AvgIpc) is 2.74. The number of benzene rings is 1. The van der Waals surface area contributed by atoms with Gasteiger partial charge in [0.1, 0.15) is 5.75 Å². The zero-order valence-electron chi connectivity index (χ0n) is 17.4. The monoisotopic (exact) mass is 420 g/mol. The van der Waals surface area contributed by atoms with E-state index in [0.29, 0.717) is 30.3 Å². The highest BCUT2D eigenvalue weighted by Crippen LogP contribution is 2.27. The van der Waals surface area contributed by atoms with Gasteiger partial charge in [0.25, 0.3) is 5.91 Å². The molecule has 1 atom stereocenters. The van der Waals surface area contributed by atoms with Crippen LogP contribution >= 0.6 is 11.6 Å². The number of rotatable bonds is 7. The molecule has 1 unspecified atom stereocenters. The molecule has 2 aliphatic rings. The lowest BCUT2D eigenvalue weighted by Gasteiger charge is -2.34. The maximum atomic E-state index is 12.7. The molecule has 6 heteroatoms. The third-order valence-corrected chi connectivity index (χ3v) is 6.40. The summed E-state index contributed by atoms with van der Waals surface area (Å²) in [7, 11) is 0. The molecule has 1 saturated heterocycles. The van der Waals surface area contributed by atoms with E-state index in [1.54, 1.807) is 31.2 Å². The van der Waals surface area contributed by atoms with Gasteiger partial charge >= 0.3 is 0 Å². The molecule has 29 heavy (non-hydrogen) atoms. The van der Waals surface area contributed by atoms with Gasteiger partial charge < -0.3 is 15.0 Å². The van der Waals surface area contributed by atoms with Crippen molar-refractivity contribution in [2.45, 2.75) is 76.9 Å². The van der Waals surface area contributed by atoms with E-state index in [9.17, 15) is 9.59 Å². The summed E-state index contributed by atoms with van der Waals surface area (Å²) in [5, 5.41) is 3.81. The van der Waals surface area contributed by atoms with Crippen LogP contribution in [0.25, 0.3) is 0 Å². The Bertz CT molecular complexity index is 665. The normalized spacial score (nSPS) is 19.6. The number of hydrogen-bond donors (Lipinski definition) is 1. The Morgan fingerprint density at radius 2 is 1.76 bits per heavy atom. The van der Waals surface area contributed by atoms with Crippen LogP contribution in [0.5, 0.6) is 5.75 Å². The molecule has 1 aliphatic carbocycles. The lowest BCUT2D eigenvalue weighted by atomic mass is 9.86. The van der Waals surface area contributed by atoms with Crippen LogP contribution in [0, 0.1) is 5.92 Å². The number of nitrogens with zero attached hydrogens (tertiary/aromatic N) is 1. The molecule has 3 rings (SSSR count). The van der Waals surface area contributed by atoms with E-state index < -0.39 is 6.10 Å². The highest BCUT2D eigenvalue weighted by Gasteiger charge is 2.27. The molecule has 1 aromatic carbocycles. The Morgan fingerprint density at radius 3 is 2.41 bits per heavy atom. The fraction of sp³-hybridized carbons (Fsp3) is 0.652. The largest absolute Gasteiger partial charge is 0.481 e. The molecule has 5 nitrogen and oxygen atoms in total. The second-order valence-corrected chi connectivity index (χ2v) is 8.86. The Hall–Kier alpha value is -1.75. The maximum Gasteiger partial charge on any atom is 0.263 e. The summed E-state index contributed by atoms with van der Waals surface area (Å²) in [6, 6.07) is 7.19. The minimum Gasteiger partial charge on any atom is -0.481 e. The van der Waals surface area contributed by atoms with Crippen LogP contribution in [0.3, 0.4) is 0 Å². The van der Waals surface area contributed by atoms with Crippen molar-refractivity contribution < 1.29 is 14.3 Å². The van der Waals surface area contributed by atoms with Crippen LogP contribution in [-0.4, -0.2) is 41.9 Å². The van der Waals surface area contributed by atoms with Crippen molar-refractivity contribution in [3.63, 3.8) is 0 Å². The number of carbonyl (C=O) groups excluding carboxylic acids is 2. The van der Waals surface area contributed by atoms with E-state index in [4.69, 9.17) is 16.3 Å². The van der Waals surface area contributed by atoms with Crippen LogP contribution in [0.4, 0.5) is 0 Å². The molecule has 1 aromatic rings. The Labute approximate surface area is 179 Å². The van der Waals surface area contributed by atoms with E-state index >= 15 is 0 Å². The van der Waals surface area contributed by atoms with Crippen molar-refractivity contribution in [2.75, 3.05) is 13.1 Å². The van der Waals surface area contributed by atoms with Crippen LogP contribution in [-0.2, 0) is 9.59 Å². The van der Waals surface area contributed by atoms with Crippen LogP contribution in [0.1, 0.15) is 64.7 Å². The van der Waals surface area contributed by atoms with Gasteiger partial charge in [0, 0.05) is 30.6 Å². The Balaban J connectivity index is 1.36. The van der Waals surface area contributed by atoms with E-state index in [1.807, 2.05) is 4.90 Å². The molecular formula is C23H33ClN2O3. The molecule has 1 N–H and O–H groups in total. The first-order valence-electron chi connectivity index (χ1n) is 11.0. The minimum atomic E-state index is -0.544. The van der Waals surface area contributed by atoms with Crippen LogP contribution < -0.4 is 10.1 Å². The number of likely N-dealkylation sites (tertiary alicyclic amines) is 1. The molecule has 160 valence electrons. The first-order valence-corrected chi connectivity index (χ1v) is 11.4. The number of piperidine rings is 1. The first-order chi connectivity index (χ1) is 14.0. The van der Waals surface area contributed by atoms with Crippen LogP contribution in [0.15, 0.2) is 24.3 Å². The fourth-order valence-corrected chi connectivity index (χ4v) is 4.51. The Morgan fingerprint density at radius 1 is 1.10 bits per heavy atom. The van der Waals surface area contributed by atoms with Gasteiger partial charge in [-0.25, -0.2) is 0 Å². The highest BCUT2D eigenvalue weighted by molar-refractivity contribution is 6.30. The molecule has 2 amide bonds. The number of hydrogen-bond acceptors (Lipinski definition) is 3. The lowest BCUT2D eigenvalue weighted by molar-refractivity contribution is -0.139. The van der Waals surface area contributed by atoms with Gasteiger partial charge in [-0.2, -0.15) is 0 Å². The van der Waals surface area contributed by atoms with E-state index in [1.165, 1.54) is 32.1 Å². The van der Waals surface area contributed by atoms with E-state index in [-0.39, 0.29) is 17.9 Å². The van der Waals surface area contributed by atoms with Gasteiger partial charge in [-0.1, -0.05) is 43.7 Å². The van der Waals surface area contributed by atoms with Gasteiger partial charge in [-0.15, -0.1) is 0 Å². The van der Waals surface area contributed by atoms with Crippen molar-refractivity contribution >= 4 is 23.4 Å². The third-order valence-electron chi connectivity index (χ3n) is 6.15. The van der Waals surface area contributed by atoms with Gasteiger partial charge in [-0.3, -0.25) is 9.59 Å². The lowest BCUT2D eigenvalue weighted by Crippen LogP contribution is -2.49. The minimum absolute atomic E-state index is 0.0120. The van der Waals surface area contributed by atoms with Gasteiger partial charge in [-0.05, 0) is 56.4 Å². The van der Waals surface area contributed by atoms with E-state index in [0.717, 1.165) is 25.2 Å². The molecular weight excluding hydrogens is 388 g/mol. The summed E-state index contributed by atoms with van der Waals surface area (Å²) in [6.45, 7) is 3.08. The summed E-state index contributed by atoms with van der Waals surface area (Å²) in [4.78, 5) is 26.8. The molecule has 1 saturated carbocycles. The molecule has 0 spiro atoms. The molecule has 0 radical (unpaired) electrons. The highest BCUT2D eigenvalue weighted by atomic mass is 35.5. The topological polar surface area (TPSA) is 58.6 Å². The number of carbonyl (C=O) groups is 2. The van der Waals surface area contributed by atoms with Gasteiger partial charge in [0.05, 0.1) is 0 Å². The molecule has 2 fully saturated rings. The summed E-state index contributed by atoms with van der Waals surface area (Å²) in [5.74, 6) is 1.52. The molecule has 0 aromatic heterocycles. The zero-order valence-corrected chi connectivity index (χ0v) is 18.1. The summed E-state index contributed by atoms with van der Waals surface area (Å²) >= 11 is 5.88. The van der Waals surface area contributed by atoms with Crippen LogP contribution in [0.2, 0.25) is 5.02 Å². The third kappa shape index (κ3) is 6.91. The second kappa shape index (κ2) is 10.9. The second-order valence-electron chi connectivity index (χ2n) is 8.42. The molecule has 1 heterocycles. The fourth-order valence-electron chi connectivity index (χ4n) is 4.38.